The number of hydrogen-bond donors (Lipinski definition) is 1. The number of halogens is 4. The molecule has 2 rings (SSSR count). The third kappa shape index (κ3) is 6.53. The van der Waals surface area contributed by atoms with Crippen molar-refractivity contribution >= 4 is 10.1 Å². The first kappa shape index (κ1) is 27.1. The van der Waals surface area contributed by atoms with Crippen LogP contribution in [0.2, 0.25) is 0 Å². The molecule has 0 spiro atoms. The summed E-state index contributed by atoms with van der Waals surface area (Å²) in [5.41, 5.74) is 6.19. The molecule has 0 radical (unpaired) electrons. The smallest absolute Gasteiger partial charge is 0.282 e. The van der Waals surface area contributed by atoms with Gasteiger partial charge in [0.05, 0.1) is 0 Å². The summed E-state index contributed by atoms with van der Waals surface area (Å²) in [6.07, 6.45) is 1.15. The number of benzene rings is 2. The summed E-state index contributed by atoms with van der Waals surface area (Å²) in [7, 11) is -5.34. The van der Waals surface area contributed by atoms with E-state index in [1.54, 1.807) is 16.7 Å². The summed E-state index contributed by atoms with van der Waals surface area (Å²) in [5.74, 6) is -6.26. The molecular formula is C23H30F4O3S. The van der Waals surface area contributed by atoms with E-state index < -0.39 is 38.3 Å². The van der Waals surface area contributed by atoms with E-state index in [0.717, 1.165) is 6.42 Å². The van der Waals surface area contributed by atoms with Gasteiger partial charge in [0, 0.05) is 6.07 Å². The molecule has 0 heterocycles. The second kappa shape index (κ2) is 10.6. The topological polar surface area (TPSA) is 54.4 Å². The quantitative estimate of drug-likeness (QED) is 0.293. The Morgan fingerprint density at radius 1 is 0.774 bits per heavy atom. The Hall–Kier alpha value is -1.93. The Kier molecular flexibility index (Phi) is 9.26. The Labute approximate surface area is 182 Å². The van der Waals surface area contributed by atoms with Gasteiger partial charge in [0.2, 0.25) is 0 Å². The van der Waals surface area contributed by atoms with E-state index in [2.05, 4.69) is 60.6 Å². The fourth-order valence-corrected chi connectivity index (χ4v) is 3.94. The summed E-state index contributed by atoms with van der Waals surface area (Å²) in [5, 5.41) is 0. The molecule has 0 saturated carbocycles. The van der Waals surface area contributed by atoms with E-state index in [1.165, 1.54) is 5.56 Å². The van der Waals surface area contributed by atoms with Crippen molar-refractivity contribution in [3.63, 3.8) is 0 Å². The molecule has 3 nitrogen and oxygen atoms in total. The third-order valence-electron chi connectivity index (χ3n) is 4.93. The van der Waals surface area contributed by atoms with Crippen molar-refractivity contribution in [2.24, 2.45) is 0 Å². The van der Waals surface area contributed by atoms with Gasteiger partial charge in [0.25, 0.3) is 0 Å². The summed E-state index contributed by atoms with van der Waals surface area (Å²) in [6.45, 7) is 16.1. The lowest BCUT2D eigenvalue weighted by molar-refractivity contribution is 0.403. The predicted molar refractivity (Wildman–Crippen MR) is 114 cm³/mol. The molecule has 0 bridgehead atoms. The Bertz CT molecular complexity index is 974. The first-order valence-corrected chi connectivity index (χ1v) is 11.5. The van der Waals surface area contributed by atoms with Crippen LogP contribution in [0.15, 0.2) is 23.1 Å². The molecule has 174 valence electrons. The summed E-state index contributed by atoms with van der Waals surface area (Å²) in [6, 6.07) is 4.69. The van der Waals surface area contributed by atoms with Crippen LogP contribution in [0.4, 0.5) is 17.6 Å². The van der Waals surface area contributed by atoms with Gasteiger partial charge in [0.15, 0.2) is 28.2 Å². The van der Waals surface area contributed by atoms with Crippen LogP contribution in [-0.2, 0) is 16.5 Å². The van der Waals surface area contributed by atoms with Gasteiger partial charge in [-0.15, -0.1) is 0 Å². The molecule has 2 aromatic carbocycles. The summed E-state index contributed by atoms with van der Waals surface area (Å²) < 4.78 is 78.9. The molecule has 0 amide bonds. The van der Waals surface area contributed by atoms with Gasteiger partial charge in [-0.3, -0.25) is 4.55 Å². The van der Waals surface area contributed by atoms with E-state index in [0.29, 0.717) is 17.8 Å². The van der Waals surface area contributed by atoms with E-state index in [1.807, 2.05) is 0 Å². The monoisotopic (exact) mass is 462 g/mol. The fourth-order valence-electron chi connectivity index (χ4n) is 3.29. The Morgan fingerprint density at radius 3 is 1.42 bits per heavy atom. The summed E-state index contributed by atoms with van der Waals surface area (Å²) in [4.78, 5) is -2.03. The predicted octanol–water partition coefficient (Wildman–Crippen LogP) is 7.11. The zero-order valence-electron chi connectivity index (χ0n) is 18.9. The van der Waals surface area contributed by atoms with E-state index in [-0.39, 0.29) is 6.07 Å². The average Bonchev–Trinajstić information content (AvgIpc) is 2.64. The molecule has 0 aliphatic rings. The standard InChI is InChI=1S/C17H28.C6H2F4O3S/c1-8-15-16(12(4)5)9-14(11(2)3)10-17(15)13(6)7;7-2-1-3(8)5(10)6(4(2)9)14(11,12)13/h9-13H,8H2,1-7H3;1H,(H,11,12,13). The SMILES string of the molecule is CCc1c(C(C)C)cc(C(C)C)cc1C(C)C.O=S(=O)(O)c1c(F)c(F)cc(F)c1F. The van der Waals surface area contributed by atoms with Gasteiger partial charge >= 0.3 is 10.1 Å². The fraction of sp³-hybridized carbons (Fsp3) is 0.478. The van der Waals surface area contributed by atoms with Crippen LogP contribution in [0, 0.1) is 23.3 Å². The molecule has 0 unspecified atom stereocenters. The lowest BCUT2D eigenvalue weighted by Crippen LogP contribution is -2.09. The van der Waals surface area contributed by atoms with Gasteiger partial charge in [-0.1, -0.05) is 60.6 Å². The maximum absolute atomic E-state index is 12.6. The highest BCUT2D eigenvalue weighted by Crippen LogP contribution is 2.32. The van der Waals surface area contributed by atoms with Crippen LogP contribution < -0.4 is 0 Å². The normalized spacial score (nSPS) is 11.8. The van der Waals surface area contributed by atoms with Gasteiger partial charge in [0.1, 0.15) is 0 Å². The van der Waals surface area contributed by atoms with Crippen LogP contribution in [0.3, 0.4) is 0 Å². The van der Waals surface area contributed by atoms with E-state index in [9.17, 15) is 26.0 Å². The Balaban J connectivity index is 0.000000316. The van der Waals surface area contributed by atoms with Gasteiger partial charge < -0.3 is 0 Å². The van der Waals surface area contributed by atoms with Crippen molar-refractivity contribution in [3.05, 3.63) is 63.7 Å². The molecule has 0 aliphatic heterocycles. The maximum Gasteiger partial charge on any atom is 0.300 e. The van der Waals surface area contributed by atoms with Crippen molar-refractivity contribution in [2.75, 3.05) is 0 Å². The lowest BCUT2D eigenvalue weighted by atomic mass is 9.83. The second-order valence-corrected chi connectivity index (χ2v) is 9.63. The minimum Gasteiger partial charge on any atom is -0.282 e. The van der Waals surface area contributed by atoms with Crippen LogP contribution in [0.1, 0.15) is 88.5 Å². The first-order valence-electron chi connectivity index (χ1n) is 10.1. The molecule has 0 atom stereocenters. The zero-order chi connectivity index (χ0) is 24.3. The van der Waals surface area contributed by atoms with Gasteiger partial charge in [-0.05, 0) is 46.4 Å². The summed E-state index contributed by atoms with van der Waals surface area (Å²) >= 11 is 0. The molecule has 0 saturated heterocycles. The molecule has 0 fully saturated rings. The second-order valence-electron chi connectivity index (χ2n) is 8.27. The molecule has 2 aromatic rings. The van der Waals surface area contributed by atoms with Gasteiger partial charge in [-0.2, -0.15) is 8.42 Å². The molecule has 0 aromatic heterocycles. The van der Waals surface area contributed by atoms with Crippen molar-refractivity contribution in [3.8, 4) is 0 Å². The molecule has 8 heteroatoms. The van der Waals surface area contributed by atoms with Crippen molar-refractivity contribution in [1.82, 2.24) is 0 Å². The van der Waals surface area contributed by atoms with Crippen LogP contribution in [0.25, 0.3) is 0 Å². The molecular weight excluding hydrogens is 432 g/mol. The Morgan fingerprint density at radius 2 is 1.16 bits per heavy atom. The molecule has 1 N–H and O–H groups in total. The van der Waals surface area contributed by atoms with Crippen LogP contribution in [-0.4, -0.2) is 13.0 Å². The van der Waals surface area contributed by atoms with Crippen molar-refractivity contribution < 1.29 is 30.5 Å². The van der Waals surface area contributed by atoms with Crippen LogP contribution >= 0.6 is 0 Å². The van der Waals surface area contributed by atoms with E-state index >= 15 is 0 Å². The first-order chi connectivity index (χ1) is 14.1. The van der Waals surface area contributed by atoms with Crippen LogP contribution in [0.5, 0.6) is 0 Å². The minimum atomic E-state index is -5.34. The van der Waals surface area contributed by atoms with Crippen molar-refractivity contribution in [2.45, 2.75) is 77.5 Å². The highest BCUT2D eigenvalue weighted by atomic mass is 32.2. The third-order valence-corrected chi connectivity index (χ3v) is 5.81. The highest BCUT2D eigenvalue weighted by molar-refractivity contribution is 7.85. The zero-order valence-corrected chi connectivity index (χ0v) is 19.7. The molecule has 0 aliphatic carbocycles. The number of hydrogen-bond acceptors (Lipinski definition) is 2. The lowest BCUT2D eigenvalue weighted by Gasteiger charge is -2.22. The maximum atomic E-state index is 12.6. The highest BCUT2D eigenvalue weighted by Gasteiger charge is 2.28. The average molecular weight is 463 g/mol. The van der Waals surface area contributed by atoms with E-state index in [4.69, 9.17) is 4.55 Å². The largest absolute Gasteiger partial charge is 0.300 e. The van der Waals surface area contributed by atoms with Crippen molar-refractivity contribution in [1.29, 1.82) is 0 Å². The van der Waals surface area contributed by atoms with Gasteiger partial charge in [-0.25, -0.2) is 17.6 Å². The molecule has 31 heavy (non-hydrogen) atoms. The minimum absolute atomic E-state index is 0.167. The number of rotatable bonds is 5.